The van der Waals surface area contributed by atoms with Crippen molar-refractivity contribution in [3.05, 3.63) is 12.2 Å². The van der Waals surface area contributed by atoms with E-state index >= 15 is 0 Å². The molecule has 4 heteroatoms. The average Bonchev–Trinajstić information content (AvgIpc) is 2.93. The summed E-state index contributed by atoms with van der Waals surface area (Å²) in [6, 6.07) is 0. The van der Waals surface area contributed by atoms with Crippen molar-refractivity contribution >= 4 is 11.9 Å². The fourth-order valence-corrected chi connectivity index (χ4v) is 3.19. The molecule has 2 rings (SSSR count). The minimum atomic E-state index is -0.842. The molecule has 20 heavy (non-hydrogen) atoms. The van der Waals surface area contributed by atoms with Gasteiger partial charge in [0.05, 0.1) is 11.8 Å². The molecule has 0 aliphatic heterocycles. The van der Waals surface area contributed by atoms with Gasteiger partial charge in [-0.05, 0) is 29.6 Å². The number of carboxylic acids is 1. The van der Waals surface area contributed by atoms with Gasteiger partial charge in [0.25, 0.3) is 0 Å². The van der Waals surface area contributed by atoms with Crippen LogP contribution in [0.4, 0.5) is 0 Å². The first kappa shape index (κ1) is 15.1. The maximum Gasteiger partial charge on any atom is 0.307 e. The Labute approximate surface area is 120 Å². The lowest BCUT2D eigenvalue weighted by molar-refractivity contribution is -0.147. The number of rotatable bonds is 4. The second-order valence-electron chi connectivity index (χ2n) is 7.35. The van der Waals surface area contributed by atoms with Gasteiger partial charge in [-0.15, -0.1) is 0 Å². The summed E-state index contributed by atoms with van der Waals surface area (Å²) < 4.78 is 0. The number of hydrogen-bond donors (Lipinski definition) is 2. The summed E-state index contributed by atoms with van der Waals surface area (Å²) >= 11 is 0. The Bertz CT molecular complexity index is 435. The fourth-order valence-electron chi connectivity index (χ4n) is 3.19. The van der Waals surface area contributed by atoms with Crippen LogP contribution in [0.25, 0.3) is 0 Å². The number of carboxylic acid groups (broad SMARTS) is 1. The molecule has 0 aromatic rings. The Balaban J connectivity index is 1.99. The molecule has 0 saturated heterocycles. The van der Waals surface area contributed by atoms with Gasteiger partial charge >= 0.3 is 5.97 Å². The highest BCUT2D eigenvalue weighted by Crippen LogP contribution is 2.48. The highest BCUT2D eigenvalue weighted by Gasteiger charge is 2.51. The molecule has 112 valence electrons. The van der Waals surface area contributed by atoms with Crippen molar-refractivity contribution in [1.29, 1.82) is 0 Å². The lowest BCUT2D eigenvalue weighted by Gasteiger charge is -2.29. The maximum atomic E-state index is 12.4. The number of carbonyl (C=O) groups excluding carboxylic acids is 1. The molecule has 0 spiro atoms. The molecule has 0 aromatic heterocycles. The first-order chi connectivity index (χ1) is 9.21. The first-order valence-corrected chi connectivity index (χ1v) is 7.40. The van der Waals surface area contributed by atoms with E-state index in [-0.39, 0.29) is 23.2 Å². The summed E-state index contributed by atoms with van der Waals surface area (Å²) in [6.45, 7) is 9.14. The second-order valence-corrected chi connectivity index (χ2v) is 7.35. The predicted octanol–water partition coefficient (Wildman–Crippen LogP) is 2.31. The summed E-state index contributed by atoms with van der Waals surface area (Å²) in [6.07, 6.45) is 4.79. The van der Waals surface area contributed by atoms with Crippen LogP contribution in [0.1, 0.15) is 34.1 Å². The fraction of sp³-hybridized carbons (Fsp3) is 0.750. The van der Waals surface area contributed by atoms with Crippen LogP contribution >= 0.6 is 0 Å². The van der Waals surface area contributed by atoms with E-state index in [1.807, 2.05) is 12.2 Å². The van der Waals surface area contributed by atoms with Gasteiger partial charge in [0.1, 0.15) is 0 Å². The number of hydrogen-bond acceptors (Lipinski definition) is 2. The Morgan fingerprint density at radius 3 is 2.30 bits per heavy atom. The highest BCUT2D eigenvalue weighted by molar-refractivity contribution is 5.86. The Morgan fingerprint density at radius 2 is 1.80 bits per heavy atom. The van der Waals surface area contributed by atoms with Crippen molar-refractivity contribution in [1.82, 2.24) is 5.32 Å². The predicted molar refractivity (Wildman–Crippen MR) is 77.0 cm³/mol. The van der Waals surface area contributed by atoms with Gasteiger partial charge < -0.3 is 10.4 Å². The van der Waals surface area contributed by atoms with Crippen molar-refractivity contribution in [2.45, 2.75) is 34.1 Å². The van der Waals surface area contributed by atoms with Gasteiger partial charge in [0, 0.05) is 6.54 Å². The molecule has 4 nitrogen and oxygen atoms in total. The molecule has 5 atom stereocenters. The normalized spacial score (nSPS) is 33.2. The molecule has 0 aromatic carbocycles. The molecular weight excluding hydrogens is 254 g/mol. The first-order valence-electron chi connectivity index (χ1n) is 7.40. The number of nitrogens with one attached hydrogen (secondary N) is 1. The average molecular weight is 279 g/mol. The number of carbonyl (C=O) groups is 2. The Kier molecular flexibility index (Phi) is 3.94. The molecule has 1 amide bonds. The third-order valence-corrected chi connectivity index (χ3v) is 5.11. The topological polar surface area (TPSA) is 66.4 Å². The third kappa shape index (κ3) is 2.74. The number of fused-ring (bicyclic) bond motifs is 2. The van der Waals surface area contributed by atoms with Gasteiger partial charge in [-0.3, -0.25) is 9.59 Å². The maximum absolute atomic E-state index is 12.4. The Hall–Kier alpha value is -1.32. The van der Waals surface area contributed by atoms with E-state index in [9.17, 15) is 14.7 Å². The van der Waals surface area contributed by atoms with Crippen LogP contribution in [0.3, 0.4) is 0 Å². The molecule has 0 radical (unpaired) electrons. The van der Waals surface area contributed by atoms with Crippen LogP contribution in [-0.2, 0) is 9.59 Å². The molecule has 2 bridgehead atoms. The van der Waals surface area contributed by atoms with Crippen molar-refractivity contribution < 1.29 is 14.7 Å². The van der Waals surface area contributed by atoms with E-state index < -0.39 is 17.8 Å². The zero-order chi connectivity index (χ0) is 15.1. The van der Waals surface area contributed by atoms with Crippen molar-refractivity contribution in [2.24, 2.45) is 35.0 Å². The van der Waals surface area contributed by atoms with Crippen LogP contribution < -0.4 is 5.32 Å². The Morgan fingerprint density at radius 1 is 1.25 bits per heavy atom. The summed E-state index contributed by atoms with van der Waals surface area (Å²) in [5, 5.41) is 12.3. The largest absolute Gasteiger partial charge is 0.481 e. The SMILES string of the molecule is CC(CNC(=O)[C@H]1C2C=CC(C2)[C@H]1C(=O)O)C(C)(C)C. The molecule has 0 heterocycles. The molecule has 2 aliphatic rings. The monoisotopic (exact) mass is 279 g/mol. The number of amides is 1. The van der Waals surface area contributed by atoms with Crippen molar-refractivity contribution in [3.8, 4) is 0 Å². The number of allylic oxidation sites excluding steroid dienone is 2. The van der Waals surface area contributed by atoms with Gasteiger partial charge in [-0.25, -0.2) is 0 Å². The smallest absolute Gasteiger partial charge is 0.307 e. The minimum absolute atomic E-state index is 0.0355. The van der Waals surface area contributed by atoms with E-state index in [0.717, 1.165) is 6.42 Å². The molecule has 1 saturated carbocycles. The van der Waals surface area contributed by atoms with Gasteiger partial charge in [0.2, 0.25) is 5.91 Å². The molecule has 3 unspecified atom stereocenters. The van der Waals surface area contributed by atoms with E-state index in [1.165, 1.54) is 0 Å². The second kappa shape index (κ2) is 5.23. The van der Waals surface area contributed by atoms with Crippen molar-refractivity contribution in [3.63, 3.8) is 0 Å². The lowest BCUT2D eigenvalue weighted by Crippen LogP contribution is -2.42. The van der Waals surface area contributed by atoms with Crippen LogP contribution in [0.2, 0.25) is 0 Å². The number of aliphatic carboxylic acids is 1. The summed E-state index contributed by atoms with van der Waals surface area (Å²) in [7, 11) is 0. The van der Waals surface area contributed by atoms with Gasteiger partial charge in [-0.1, -0.05) is 39.8 Å². The van der Waals surface area contributed by atoms with E-state index in [1.54, 1.807) is 0 Å². The molecule has 2 aliphatic carbocycles. The van der Waals surface area contributed by atoms with Gasteiger partial charge in [-0.2, -0.15) is 0 Å². The lowest BCUT2D eigenvalue weighted by atomic mass is 9.80. The van der Waals surface area contributed by atoms with E-state index in [4.69, 9.17) is 0 Å². The minimum Gasteiger partial charge on any atom is -0.481 e. The van der Waals surface area contributed by atoms with Crippen molar-refractivity contribution in [2.75, 3.05) is 6.54 Å². The standard InChI is InChI=1S/C16H25NO3/c1-9(16(2,3)4)8-17-14(18)12-10-5-6-11(7-10)13(12)15(19)20/h5-6,9-13H,7-8H2,1-4H3,(H,17,18)(H,19,20)/t9?,10?,11?,12-,13+/m0/s1. The molecule has 1 fully saturated rings. The molecule has 2 N–H and O–H groups in total. The van der Waals surface area contributed by atoms with Crippen LogP contribution in [0.5, 0.6) is 0 Å². The summed E-state index contributed by atoms with van der Waals surface area (Å²) in [5.41, 5.74) is 0.133. The van der Waals surface area contributed by atoms with Gasteiger partial charge in [0.15, 0.2) is 0 Å². The van der Waals surface area contributed by atoms with Crippen LogP contribution in [0.15, 0.2) is 12.2 Å². The van der Waals surface area contributed by atoms with E-state index in [0.29, 0.717) is 12.5 Å². The highest BCUT2D eigenvalue weighted by atomic mass is 16.4. The zero-order valence-corrected chi connectivity index (χ0v) is 12.7. The third-order valence-electron chi connectivity index (χ3n) is 5.11. The van der Waals surface area contributed by atoms with E-state index in [2.05, 4.69) is 33.0 Å². The van der Waals surface area contributed by atoms with Crippen LogP contribution in [-0.4, -0.2) is 23.5 Å². The summed E-state index contributed by atoms with van der Waals surface area (Å²) in [4.78, 5) is 23.8. The quantitative estimate of drug-likeness (QED) is 0.776. The van der Waals surface area contributed by atoms with Crippen LogP contribution in [0, 0.1) is 35.0 Å². The molecular formula is C16H25NO3. The zero-order valence-electron chi connectivity index (χ0n) is 12.7. The summed E-state index contributed by atoms with van der Waals surface area (Å²) in [5.74, 6) is -1.39.